The molecule has 2 N–H and O–H groups in total. The summed E-state index contributed by atoms with van der Waals surface area (Å²) >= 11 is 6.02. The van der Waals surface area contributed by atoms with E-state index in [0.29, 0.717) is 27.3 Å². The predicted octanol–water partition coefficient (Wildman–Crippen LogP) is 4.24. The molecule has 0 bridgehead atoms. The molecule has 1 fully saturated rings. The summed E-state index contributed by atoms with van der Waals surface area (Å²) in [6.07, 6.45) is 6.13. The van der Waals surface area contributed by atoms with Gasteiger partial charge in [-0.15, -0.1) is 0 Å². The Bertz CT molecular complexity index is 1020. The molecule has 1 aliphatic carbocycles. The normalized spacial score (nSPS) is 15.7. The highest BCUT2D eigenvalue weighted by atomic mass is 35.5. The molecule has 1 aliphatic rings. The van der Waals surface area contributed by atoms with E-state index >= 15 is 0 Å². The van der Waals surface area contributed by atoms with Gasteiger partial charge in [-0.2, -0.15) is 5.10 Å². The molecule has 138 valence electrons. The maximum atomic E-state index is 12.9. The Labute approximate surface area is 161 Å². The summed E-state index contributed by atoms with van der Waals surface area (Å²) in [5, 5.41) is 11.2. The summed E-state index contributed by atoms with van der Waals surface area (Å²) in [5.41, 5.74) is 1.23. The molecule has 1 heterocycles. The van der Waals surface area contributed by atoms with Gasteiger partial charge < -0.3 is 5.32 Å². The van der Waals surface area contributed by atoms with Crippen LogP contribution < -0.4 is 10.9 Å². The first-order valence-corrected chi connectivity index (χ1v) is 9.53. The van der Waals surface area contributed by atoms with Crippen molar-refractivity contribution in [3.05, 3.63) is 75.2 Å². The lowest BCUT2D eigenvalue weighted by molar-refractivity contribution is 0.0922. The molecule has 6 heteroatoms. The smallest absolute Gasteiger partial charge is 0.272 e. The van der Waals surface area contributed by atoms with Gasteiger partial charge in [0.25, 0.3) is 11.5 Å². The number of aromatic nitrogens is 2. The number of H-pyrrole nitrogens is 1. The molecule has 2 aromatic carbocycles. The predicted molar refractivity (Wildman–Crippen MR) is 106 cm³/mol. The van der Waals surface area contributed by atoms with Gasteiger partial charge in [-0.05, 0) is 48.6 Å². The zero-order chi connectivity index (χ0) is 18.8. The maximum Gasteiger partial charge on any atom is 0.272 e. The van der Waals surface area contributed by atoms with Crippen LogP contribution >= 0.6 is 11.6 Å². The lowest BCUT2D eigenvalue weighted by Crippen LogP contribution is -2.32. The van der Waals surface area contributed by atoms with E-state index in [9.17, 15) is 9.59 Å². The van der Waals surface area contributed by atoms with Gasteiger partial charge in [0.05, 0.1) is 17.6 Å². The number of nitrogens with one attached hydrogen (secondary N) is 2. The molecule has 0 spiro atoms. The molecule has 4 rings (SSSR count). The van der Waals surface area contributed by atoms with Crippen LogP contribution in [0.4, 0.5) is 0 Å². The second-order valence-electron chi connectivity index (χ2n) is 7.05. The Balaban J connectivity index is 1.64. The number of carbonyl (C=O) groups excluding carboxylic acids is 1. The van der Waals surface area contributed by atoms with Crippen molar-refractivity contribution in [1.29, 1.82) is 0 Å². The lowest BCUT2D eigenvalue weighted by Gasteiger charge is -2.25. The summed E-state index contributed by atoms with van der Waals surface area (Å²) in [6, 6.07) is 12.7. The first-order chi connectivity index (χ1) is 13.1. The van der Waals surface area contributed by atoms with Gasteiger partial charge in [0.2, 0.25) is 0 Å². The SMILES string of the molecule is O=C(NC(c1ccc(Cl)cc1)C1CCCC1)c1ccc2cn[nH]c(=O)c2c1. The van der Waals surface area contributed by atoms with Gasteiger partial charge in [-0.25, -0.2) is 5.10 Å². The first-order valence-electron chi connectivity index (χ1n) is 9.15. The highest BCUT2D eigenvalue weighted by Crippen LogP contribution is 2.36. The number of fused-ring (bicyclic) bond motifs is 1. The average Bonchev–Trinajstić information content (AvgIpc) is 3.21. The Hall–Kier alpha value is -2.66. The van der Waals surface area contributed by atoms with E-state index in [2.05, 4.69) is 15.5 Å². The topological polar surface area (TPSA) is 74.8 Å². The van der Waals surface area contributed by atoms with Crippen molar-refractivity contribution in [2.24, 2.45) is 5.92 Å². The number of rotatable bonds is 4. The Morgan fingerprint density at radius 1 is 1.15 bits per heavy atom. The van der Waals surface area contributed by atoms with Crippen LogP contribution in [0.2, 0.25) is 5.02 Å². The zero-order valence-corrected chi connectivity index (χ0v) is 15.5. The molecule has 0 radical (unpaired) electrons. The van der Waals surface area contributed by atoms with Crippen molar-refractivity contribution in [3.8, 4) is 0 Å². The monoisotopic (exact) mass is 381 g/mol. The average molecular weight is 382 g/mol. The van der Waals surface area contributed by atoms with Gasteiger partial charge in [-0.1, -0.05) is 42.6 Å². The molecular weight excluding hydrogens is 362 g/mol. The van der Waals surface area contributed by atoms with E-state index in [1.807, 2.05) is 24.3 Å². The molecular formula is C21H20ClN3O2. The van der Waals surface area contributed by atoms with E-state index in [1.165, 1.54) is 12.8 Å². The molecule has 1 amide bonds. The molecule has 5 nitrogen and oxygen atoms in total. The van der Waals surface area contributed by atoms with Crippen molar-refractivity contribution in [3.63, 3.8) is 0 Å². The van der Waals surface area contributed by atoms with Crippen LogP contribution in [0.1, 0.15) is 47.6 Å². The van der Waals surface area contributed by atoms with Crippen LogP contribution in [0.25, 0.3) is 10.8 Å². The zero-order valence-electron chi connectivity index (χ0n) is 14.7. The number of nitrogens with zero attached hydrogens (tertiary/aromatic N) is 1. The minimum Gasteiger partial charge on any atom is -0.345 e. The number of halogens is 1. The highest BCUT2D eigenvalue weighted by molar-refractivity contribution is 6.30. The quantitative estimate of drug-likeness (QED) is 0.709. The fraction of sp³-hybridized carbons (Fsp3) is 0.286. The second kappa shape index (κ2) is 7.53. The standard InChI is InChI=1S/C21H20ClN3O2/c22-17-9-7-14(8-10-17)19(13-3-1-2-4-13)24-20(26)15-5-6-16-12-23-25-21(27)18(16)11-15/h5-13,19H,1-4H2,(H,24,26)(H,25,27). The van der Waals surface area contributed by atoms with Crippen molar-refractivity contribution in [2.75, 3.05) is 0 Å². The van der Waals surface area contributed by atoms with Gasteiger partial charge in [0.1, 0.15) is 0 Å². The summed E-state index contributed by atoms with van der Waals surface area (Å²) in [6.45, 7) is 0. The van der Waals surface area contributed by atoms with E-state index in [0.717, 1.165) is 18.4 Å². The van der Waals surface area contributed by atoms with Crippen LogP contribution in [-0.4, -0.2) is 16.1 Å². The van der Waals surface area contributed by atoms with Crippen molar-refractivity contribution in [1.82, 2.24) is 15.5 Å². The molecule has 1 atom stereocenters. The fourth-order valence-electron chi connectivity index (χ4n) is 3.89. The van der Waals surface area contributed by atoms with Crippen LogP contribution in [0.5, 0.6) is 0 Å². The molecule has 1 unspecified atom stereocenters. The number of hydrogen-bond donors (Lipinski definition) is 2. The number of aromatic amines is 1. The third kappa shape index (κ3) is 3.74. The molecule has 0 saturated heterocycles. The summed E-state index contributed by atoms with van der Waals surface area (Å²) < 4.78 is 0. The van der Waals surface area contributed by atoms with Crippen molar-refractivity contribution < 1.29 is 4.79 Å². The third-order valence-corrected chi connectivity index (χ3v) is 5.57. The molecule has 3 aromatic rings. The van der Waals surface area contributed by atoms with Gasteiger partial charge in [0.15, 0.2) is 0 Å². The van der Waals surface area contributed by atoms with Gasteiger partial charge >= 0.3 is 0 Å². The van der Waals surface area contributed by atoms with Gasteiger partial charge in [-0.3, -0.25) is 9.59 Å². The van der Waals surface area contributed by atoms with Crippen molar-refractivity contribution in [2.45, 2.75) is 31.7 Å². The largest absolute Gasteiger partial charge is 0.345 e. The van der Waals surface area contributed by atoms with Crippen LogP contribution in [0.3, 0.4) is 0 Å². The van der Waals surface area contributed by atoms with Crippen LogP contribution in [-0.2, 0) is 0 Å². The number of hydrogen-bond acceptors (Lipinski definition) is 3. The third-order valence-electron chi connectivity index (χ3n) is 5.32. The minimum atomic E-state index is -0.299. The van der Waals surface area contributed by atoms with E-state index in [4.69, 9.17) is 11.6 Å². The van der Waals surface area contributed by atoms with E-state index in [1.54, 1.807) is 24.4 Å². The summed E-state index contributed by atoms with van der Waals surface area (Å²) in [5.74, 6) is 0.225. The Morgan fingerprint density at radius 3 is 2.63 bits per heavy atom. The minimum absolute atomic E-state index is 0.0660. The molecule has 27 heavy (non-hydrogen) atoms. The van der Waals surface area contributed by atoms with Crippen molar-refractivity contribution >= 4 is 28.3 Å². The van der Waals surface area contributed by atoms with Crippen LogP contribution in [0, 0.1) is 5.92 Å². The lowest BCUT2D eigenvalue weighted by atomic mass is 9.91. The maximum absolute atomic E-state index is 12.9. The summed E-state index contributed by atoms with van der Waals surface area (Å²) in [7, 11) is 0. The molecule has 1 saturated carbocycles. The van der Waals surface area contributed by atoms with Gasteiger partial charge in [0, 0.05) is 16.0 Å². The molecule has 1 aromatic heterocycles. The second-order valence-corrected chi connectivity index (χ2v) is 7.48. The number of carbonyl (C=O) groups is 1. The molecule has 0 aliphatic heterocycles. The highest BCUT2D eigenvalue weighted by Gasteiger charge is 2.28. The Morgan fingerprint density at radius 2 is 1.89 bits per heavy atom. The number of benzene rings is 2. The van der Waals surface area contributed by atoms with E-state index in [-0.39, 0.29) is 17.5 Å². The van der Waals surface area contributed by atoms with Crippen LogP contribution in [0.15, 0.2) is 53.5 Å². The number of amides is 1. The van der Waals surface area contributed by atoms with E-state index < -0.39 is 0 Å². The first kappa shape index (κ1) is 17.7. The summed E-state index contributed by atoms with van der Waals surface area (Å²) in [4.78, 5) is 24.9. The Kier molecular flexibility index (Phi) is 4.94. The fourth-order valence-corrected chi connectivity index (χ4v) is 4.01.